The van der Waals surface area contributed by atoms with Crippen LogP contribution in [0.15, 0.2) is 46.9 Å². The fraction of sp³-hybridized carbons (Fsp3) is 0.278. The summed E-state index contributed by atoms with van der Waals surface area (Å²) < 4.78 is 5.68. The molecule has 0 aliphatic carbocycles. The number of nitrogens with zero attached hydrogens (tertiary/aromatic N) is 1. The number of fused-ring (bicyclic) bond motifs is 1. The summed E-state index contributed by atoms with van der Waals surface area (Å²) in [7, 11) is 0. The van der Waals surface area contributed by atoms with E-state index in [2.05, 4.69) is 21.9 Å². The van der Waals surface area contributed by atoms with Crippen LogP contribution in [-0.4, -0.2) is 28.2 Å². The molecule has 1 aliphatic rings. The molecular weight excluding hydrogens is 338 g/mol. The van der Waals surface area contributed by atoms with E-state index in [-0.39, 0.29) is 23.8 Å². The van der Waals surface area contributed by atoms with Crippen LogP contribution in [0.5, 0.6) is 5.75 Å². The number of amides is 1. The van der Waals surface area contributed by atoms with Gasteiger partial charge in [0.25, 0.3) is 5.56 Å². The zero-order valence-electron chi connectivity index (χ0n) is 13.9. The molecule has 2 N–H and O–H groups in total. The number of hydrogen-bond acceptors (Lipinski definition) is 5. The summed E-state index contributed by atoms with van der Waals surface area (Å²) in [5.74, 6) is 1.07. The summed E-state index contributed by atoms with van der Waals surface area (Å²) in [5.41, 5.74) is 1.04. The molecule has 130 valence electrons. The molecule has 1 atom stereocenters. The fourth-order valence-corrected chi connectivity index (χ4v) is 3.47. The van der Waals surface area contributed by atoms with E-state index >= 15 is 0 Å². The highest BCUT2D eigenvalue weighted by molar-refractivity contribution is 7.99. The number of para-hydroxylation sites is 1. The maximum absolute atomic E-state index is 12.7. The van der Waals surface area contributed by atoms with Crippen molar-refractivity contribution < 1.29 is 9.53 Å². The van der Waals surface area contributed by atoms with E-state index in [0.29, 0.717) is 34.6 Å². The Morgan fingerprint density at radius 2 is 2.20 bits per heavy atom. The smallest absolute Gasteiger partial charge is 0.257 e. The van der Waals surface area contributed by atoms with Crippen molar-refractivity contribution >= 4 is 23.5 Å². The first-order valence-corrected chi connectivity index (χ1v) is 9.02. The monoisotopic (exact) mass is 357 g/mol. The number of nitrogens with one attached hydrogen (secondary N) is 2. The number of benzene rings is 1. The number of H-pyrrole nitrogens is 1. The Labute approximate surface area is 149 Å². The molecule has 1 aromatic heterocycles. The summed E-state index contributed by atoms with van der Waals surface area (Å²) in [6, 6.07) is 7.48. The highest BCUT2D eigenvalue weighted by Crippen LogP contribution is 2.38. The second kappa shape index (κ2) is 7.57. The number of thioether (sulfide) groups is 1. The van der Waals surface area contributed by atoms with Crippen LogP contribution in [0.1, 0.15) is 30.4 Å². The minimum atomic E-state index is -0.388. The Morgan fingerprint density at radius 3 is 2.96 bits per heavy atom. The highest BCUT2D eigenvalue weighted by atomic mass is 32.2. The summed E-state index contributed by atoms with van der Waals surface area (Å²) in [5, 5.41) is 3.18. The summed E-state index contributed by atoms with van der Waals surface area (Å²) >= 11 is 1.36. The number of aromatic nitrogens is 2. The molecule has 1 amide bonds. The molecule has 2 heterocycles. The molecule has 3 rings (SSSR count). The van der Waals surface area contributed by atoms with E-state index in [1.165, 1.54) is 11.8 Å². The van der Waals surface area contributed by atoms with Crippen LogP contribution in [0.25, 0.3) is 0 Å². The van der Waals surface area contributed by atoms with Crippen LogP contribution in [0, 0.1) is 0 Å². The van der Waals surface area contributed by atoms with Gasteiger partial charge in [-0.05, 0) is 13.0 Å². The first-order valence-electron chi connectivity index (χ1n) is 8.03. The van der Waals surface area contributed by atoms with Crippen molar-refractivity contribution in [2.24, 2.45) is 0 Å². The van der Waals surface area contributed by atoms with Crippen LogP contribution in [0.4, 0.5) is 5.82 Å². The number of ether oxygens (including phenoxy) is 1. The minimum absolute atomic E-state index is 0.165. The first-order chi connectivity index (χ1) is 12.1. The molecule has 25 heavy (non-hydrogen) atoms. The van der Waals surface area contributed by atoms with Crippen LogP contribution >= 0.6 is 11.8 Å². The van der Waals surface area contributed by atoms with Gasteiger partial charge in [-0.1, -0.05) is 36.0 Å². The zero-order chi connectivity index (χ0) is 17.8. The average molecular weight is 357 g/mol. The van der Waals surface area contributed by atoms with Gasteiger partial charge in [-0.3, -0.25) is 9.59 Å². The number of carbonyl (C=O) groups excluding carboxylic acids is 1. The molecule has 7 heteroatoms. The second-order valence-electron chi connectivity index (χ2n) is 5.51. The molecule has 1 aromatic carbocycles. The molecule has 2 aromatic rings. The number of rotatable bonds is 6. The normalized spacial score (nSPS) is 16.0. The SMILES string of the molecule is C=CCSc1nc2c(c(=O)[nH]1)[C@@H](c1ccccc1OCC)CC(=O)N2. The summed E-state index contributed by atoms with van der Waals surface area (Å²) in [6.07, 6.45) is 1.91. The van der Waals surface area contributed by atoms with Gasteiger partial charge >= 0.3 is 0 Å². The molecule has 0 saturated carbocycles. The van der Waals surface area contributed by atoms with E-state index < -0.39 is 0 Å². The summed E-state index contributed by atoms with van der Waals surface area (Å²) in [4.78, 5) is 32.1. The van der Waals surface area contributed by atoms with Gasteiger partial charge in [-0.15, -0.1) is 6.58 Å². The Bertz CT molecular complexity index is 863. The van der Waals surface area contributed by atoms with Crippen molar-refractivity contribution in [3.8, 4) is 5.75 Å². The van der Waals surface area contributed by atoms with Crippen molar-refractivity contribution in [1.82, 2.24) is 9.97 Å². The molecule has 6 nitrogen and oxygen atoms in total. The Morgan fingerprint density at radius 1 is 1.40 bits per heavy atom. The molecule has 0 saturated heterocycles. The van der Waals surface area contributed by atoms with E-state index in [0.717, 1.165) is 5.56 Å². The Hall–Kier alpha value is -2.54. The lowest BCUT2D eigenvalue weighted by molar-refractivity contribution is -0.116. The lowest BCUT2D eigenvalue weighted by Crippen LogP contribution is -2.31. The van der Waals surface area contributed by atoms with Crippen LogP contribution in [-0.2, 0) is 4.79 Å². The van der Waals surface area contributed by atoms with Crippen molar-refractivity contribution in [3.63, 3.8) is 0 Å². The van der Waals surface area contributed by atoms with Gasteiger partial charge in [0.05, 0.1) is 12.2 Å². The molecule has 0 bridgehead atoms. The average Bonchev–Trinajstić information content (AvgIpc) is 2.59. The van der Waals surface area contributed by atoms with E-state index in [4.69, 9.17) is 4.74 Å². The Kier molecular flexibility index (Phi) is 5.23. The minimum Gasteiger partial charge on any atom is -0.494 e. The van der Waals surface area contributed by atoms with Gasteiger partial charge in [0, 0.05) is 23.7 Å². The molecule has 0 unspecified atom stereocenters. The third kappa shape index (κ3) is 3.61. The number of carbonyl (C=O) groups is 1. The van der Waals surface area contributed by atoms with Crippen molar-refractivity contribution in [2.75, 3.05) is 17.7 Å². The van der Waals surface area contributed by atoms with E-state index in [1.54, 1.807) is 6.08 Å². The molecule has 0 fully saturated rings. The molecule has 0 radical (unpaired) electrons. The van der Waals surface area contributed by atoms with E-state index in [1.807, 2.05) is 31.2 Å². The first kappa shape index (κ1) is 17.3. The van der Waals surface area contributed by atoms with Gasteiger partial charge in [0.2, 0.25) is 5.91 Å². The predicted octanol–water partition coefficient (Wildman–Crippen LogP) is 2.92. The molecular formula is C18H19N3O3S. The van der Waals surface area contributed by atoms with Gasteiger partial charge in [-0.25, -0.2) is 4.98 Å². The zero-order valence-corrected chi connectivity index (χ0v) is 14.7. The fourth-order valence-electron chi connectivity index (χ4n) is 2.88. The van der Waals surface area contributed by atoms with Crippen LogP contribution < -0.4 is 15.6 Å². The quantitative estimate of drug-likeness (QED) is 0.472. The maximum atomic E-state index is 12.7. The standard InChI is InChI=1S/C18H19N3O3S/c1-3-9-25-18-20-16-15(17(23)21-18)12(10-14(22)19-16)11-7-5-6-8-13(11)24-4-2/h3,5-8,12H,1,4,9-10H2,2H3,(H2,19,20,21,22,23)/t12-/m1/s1. The third-order valence-electron chi connectivity index (χ3n) is 3.86. The lowest BCUT2D eigenvalue weighted by atomic mass is 9.86. The van der Waals surface area contributed by atoms with Crippen LogP contribution in [0.2, 0.25) is 0 Å². The largest absolute Gasteiger partial charge is 0.494 e. The number of anilines is 1. The highest BCUT2D eigenvalue weighted by Gasteiger charge is 2.32. The number of aromatic amines is 1. The number of hydrogen-bond donors (Lipinski definition) is 2. The second-order valence-corrected chi connectivity index (χ2v) is 6.52. The lowest BCUT2D eigenvalue weighted by Gasteiger charge is -2.25. The summed E-state index contributed by atoms with van der Waals surface area (Å²) in [6.45, 7) is 6.06. The predicted molar refractivity (Wildman–Crippen MR) is 98.5 cm³/mol. The van der Waals surface area contributed by atoms with E-state index in [9.17, 15) is 9.59 Å². The molecule has 0 spiro atoms. The van der Waals surface area contributed by atoms with Crippen molar-refractivity contribution in [2.45, 2.75) is 24.4 Å². The van der Waals surface area contributed by atoms with Gasteiger partial charge in [0.1, 0.15) is 11.6 Å². The molecule has 1 aliphatic heterocycles. The van der Waals surface area contributed by atoms with Gasteiger partial charge in [0.15, 0.2) is 5.16 Å². The van der Waals surface area contributed by atoms with Crippen molar-refractivity contribution in [1.29, 1.82) is 0 Å². The third-order valence-corrected chi connectivity index (χ3v) is 4.73. The van der Waals surface area contributed by atoms with Crippen LogP contribution in [0.3, 0.4) is 0 Å². The topological polar surface area (TPSA) is 84.1 Å². The van der Waals surface area contributed by atoms with Gasteiger partial charge < -0.3 is 15.0 Å². The van der Waals surface area contributed by atoms with Gasteiger partial charge in [-0.2, -0.15) is 0 Å². The maximum Gasteiger partial charge on any atom is 0.257 e. The Balaban J connectivity index is 2.09. The van der Waals surface area contributed by atoms with Crippen molar-refractivity contribution in [3.05, 3.63) is 58.4 Å².